The second-order valence-electron chi connectivity index (χ2n) is 7.52. The van der Waals surface area contributed by atoms with Gasteiger partial charge in [0.25, 0.3) is 0 Å². The highest BCUT2D eigenvalue weighted by molar-refractivity contribution is 6.00. The Labute approximate surface area is 202 Å². The molecule has 7 nitrogen and oxygen atoms in total. The third kappa shape index (κ3) is 6.17. The number of carbonyl (C=O) groups excluding carboxylic acids is 2. The first-order chi connectivity index (χ1) is 16.7. The fraction of sp³-hybridized carbons (Fsp3) is 0.308. The predicted octanol–water partition coefficient (Wildman–Crippen LogP) is 5.53. The topological polar surface area (TPSA) is 76.0 Å². The van der Waals surface area contributed by atoms with Crippen LogP contribution in [-0.4, -0.2) is 42.8 Å². The van der Waals surface area contributed by atoms with Crippen molar-refractivity contribution < 1.29 is 37.3 Å². The SMILES string of the molecule is CCOc1ccc(C(=O)OCC(=O)c2cc(C)n(-c3ccc(OC(F)F)cc3)c2C)cc1OCC. The van der Waals surface area contributed by atoms with Crippen LogP contribution in [0.3, 0.4) is 0 Å². The molecule has 3 aromatic rings. The van der Waals surface area contributed by atoms with Crippen LogP contribution in [0.4, 0.5) is 8.78 Å². The van der Waals surface area contributed by atoms with Gasteiger partial charge in [-0.3, -0.25) is 4.79 Å². The normalized spacial score (nSPS) is 10.8. The lowest BCUT2D eigenvalue weighted by Gasteiger charge is -2.12. The summed E-state index contributed by atoms with van der Waals surface area (Å²) in [6.07, 6.45) is 0. The molecule has 186 valence electrons. The summed E-state index contributed by atoms with van der Waals surface area (Å²) >= 11 is 0. The maximum Gasteiger partial charge on any atom is 0.387 e. The van der Waals surface area contributed by atoms with Gasteiger partial charge in [0.2, 0.25) is 5.78 Å². The number of ketones is 1. The highest BCUT2D eigenvalue weighted by Gasteiger charge is 2.20. The smallest absolute Gasteiger partial charge is 0.387 e. The number of hydrogen-bond donors (Lipinski definition) is 0. The van der Waals surface area contributed by atoms with Gasteiger partial charge in [0.1, 0.15) is 5.75 Å². The van der Waals surface area contributed by atoms with Crippen LogP contribution in [0.2, 0.25) is 0 Å². The number of benzene rings is 2. The van der Waals surface area contributed by atoms with Crippen LogP contribution >= 0.6 is 0 Å². The van der Waals surface area contributed by atoms with Crippen LogP contribution in [0.5, 0.6) is 17.2 Å². The van der Waals surface area contributed by atoms with Gasteiger partial charge in [-0.25, -0.2) is 4.79 Å². The molecule has 0 fully saturated rings. The van der Waals surface area contributed by atoms with Gasteiger partial charge in [-0.05, 0) is 76.2 Å². The van der Waals surface area contributed by atoms with Crippen molar-refractivity contribution in [1.82, 2.24) is 4.57 Å². The lowest BCUT2D eigenvalue weighted by atomic mass is 10.1. The first kappa shape index (κ1) is 25.7. The van der Waals surface area contributed by atoms with Crippen LogP contribution in [-0.2, 0) is 4.74 Å². The second-order valence-corrected chi connectivity index (χ2v) is 7.52. The Morgan fingerprint density at radius 1 is 0.914 bits per heavy atom. The molecular formula is C26H27F2NO6. The highest BCUT2D eigenvalue weighted by Crippen LogP contribution is 2.29. The van der Waals surface area contributed by atoms with Crippen LogP contribution < -0.4 is 14.2 Å². The van der Waals surface area contributed by atoms with E-state index >= 15 is 0 Å². The minimum atomic E-state index is -2.91. The summed E-state index contributed by atoms with van der Waals surface area (Å²) in [5, 5.41) is 0. The molecule has 0 saturated heterocycles. The van der Waals surface area contributed by atoms with Crippen molar-refractivity contribution in [2.45, 2.75) is 34.3 Å². The Hall–Kier alpha value is -3.88. The zero-order valence-electron chi connectivity index (χ0n) is 20.0. The van der Waals surface area contributed by atoms with Gasteiger partial charge in [-0.2, -0.15) is 8.78 Å². The summed E-state index contributed by atoms with van der Waals surface area (Å²) in [6, 6.07) is 12.5. The molecule has 9 heteroatoms. The van der Waals surface area contributed by atoms with Crippen LogP contribution in [0.25, 0.3) is 5.69 Å². The van der Waals surface area contributed by atoms with Gasteiger partial charge in [-0.1, -0.05) is 0 Å². The molecule has 1 aromatic heterocycles. The molecule has 3 rings (SSSR count). The van der Waals surface area contributed by atoms with Gasteiger partial charge in [0, 0.05) is 22.6 Å². The van der Waals surface area contributed by atoms with Crippen LogP contribution in [0, 0.1) is 13.8 Å². The van der Waals surface area contributed by atoms with E-state index in [0.29, 0.717) is 41.7 Å². The second kappa shape index (κ2) is 11.5. The number of Topliss-reactive ketones (excluding diaryl/α,β-unsaturated/α-hetero) is 1. The molecule has 0 radical (unpaired) electrons. The largest absolute Gasteiger partial charge is 0.490 e. The van der Waals surface area contributed by atoms with E-state index in [4.69, 9.17) is 14.2 Å². The molecule has 0 N–H and O–H groups in total. The molecule has 0 unspecified atom stereocenters. The molecule has 0 spiro atoms. The summed E-state index contributed by atoms with van der Waals surface area (Å²) in [5.74, 6) is -0.0554. The summed E-state index contributed by atoms with van der Waals surface area (Å²) in [5.41, 5.74) is 2.69. The quantitative estimate of drug-likeness (QED) is 0.261. The molecule has 1 heterocycles. The van der Waals surface area contributed by atoms with Crippen LogP contribution in [0.1, 0.15) is 46.0 Å². The molecular weight excluding hydrogens is 460 g/mol. The van der Waals surface area contributed by atoms with Crippen molar-refractivity contribution in [2.24, 2.45) is 0 Å². The number of carbonyl (C=O) groups is 2. The Bertz CT molecular complexity index is 1190. The molecule has 0 amide bonds. The van der Waals surface area contributed by atoms with Crippen molar-refractivity contribution in [3.63, 3.8) is 0 Å². The van der Waals surface area contributed by atoms with Gasteiger partial charge < -0.3 is 23.5 Å². The molecule has 0 bridgehead atoms. The molecule has 2 aromatic carbocycles. The number of esters is 1. The summed E-state index contributed by atoms with van der Waals surface area (Å²) in [6.45, 7) is 4.73. The maximum absolute atomic E-state index is 12.8. The Morgan fingerprint density at radius 2 is 1.57 bits per heavy atom. The Balaban J connectivity index is 1.72. The third-order valence-electron chi connectivity index (χ3n) is 5.17. The standard InChI is InChI=1S/C26H27F2NO6/c1-5-32-23-12-7-18(14-24(23)33-6-2)25(31)34-15-22(30)21-13-16(3)29(17(21)4)19-8-10-20(11-9-19)35-26(27)28/h7-14,26H,5-6,15H2,1-4H3. The van der Waals surface area contributed by atoms with E-state index in [1.54, 1.807) is 37.3 Å². The van der Waals surface area contributed by atoms with E-state index < -0.39 is 19.2 Å². The molecule has 0 atom stereocenters. The average molecular weight is 487 g/mol. The number of ether oxygens (including phenoxy) is 4. The first-order valence-electron chi connectivity index (χ1n) is 11.1. The molecule has 0 aliphatic rings. The number of nitrogens with zero attached hydrogens (tertiary/aromatic N) is 1. The lowest BCUT2D eigenvalue weighted by Crippen LogP contribution is -2.15. The Morgan fingerprint density at radius 3 is 2.20 bits per heavy atom. The van der Waals surface area contributed by atoms with Crippen molar-refractivity contribution in [3.05, 3.63) is 71.0 Å². The lowest BCUT2D eigenvalue weighted by molar-refractivity contribution is -0.0498. The highest BCUT2D eigenvalue weighted by atomic mass is 19.3. The minimum Gasteiger partial charge on any atom is -0.490 e. The van der Waals surface area contributed by atoms with Crippen molar-refractivity contribution in [3.8, 4) is 22.9 Å². The van der Waals surface area contributed by atoms with E-state index in [1.807, 2.05) is 25.3 Å². The number of rotatable bonds is 11. The zero-order valence-corrected chi connectivity index (χ0v) is 20.0. The number of alkyl halides is 2. The summed E-state index contributed by atoms with van der Waals surface area (Å²) in [4.78, 5) is 25.4. The van der Waals surface area contributed by atoms with E-state index in [9.17, 15) is 18.4 Å². The van der Waals surface area contributed by atoms with Crippen molar-refractivity contribution >= 4 is 11.8 Å². The zero-order chi connectivity index (χ0) is 25.5. The fourth-order valence-electron chi connectivity index (χ4n) is 3.69. The van der Waals surface area contributed by atoms with E-state index in [2.05, 4.69) is 4.74 Å². The molecule has 35 heavy (non-hydrogen) atoms. The number of hydrogen-bond acceptors (Lipinski definition) is 6. The minimum absolute atomic E-state index is 0.0382. The summed E-state index contributed by atoms with van der Waals surface area (Å²) in [7, 11) is 0. The van der Waals surface area contributed by atoms with Gasteiger partial charge in [-0.15, -0.1) is 0 Å². The Kier molecular flexibility index (Phi) is 8.46. The van der Waals surface area contributed by atoms with Crippen molar-refractivity contribution in [1.29, 1.82) is 0 Å². The number of aryl methyl sites for hydroxylation is 1. The molecule has 0 saturated carbocycles. The van der Waals surface area contributed by atoms with Gasteiger partial charge >= 0.3 is 12.6 Å². The maximum atomic E-state index is 12.8. The van der Waals surface area contributed by atoms with Gasteiger partial charge in [0.15, 0.2) is 18.1 Å². The van der Waals surface area contributed by atoms with E-state index in [-0.39, 0.29) is 17.1 Å². The number of aromatic nitrogens is 1. The summed E-state index contributed by atoms with van der Waals surface area (Å²) < 4.78 is 47.3. The van der Waals surface area contributed by atoms with Crippen molar-refractivity contribution in [2.75, 3.05) is 19.8 Å². The third-order valence-corrected chi connectivity index (χ3v) is 5.17. The molecule has 0 aliphatic heterocycles. The van der Waals surface area contributed by atoms with Crippen LogP contribution in [0.15, 0.2) is 48.5 Å². The average Bonchev–Trinajstić information content (AvgIpc) is 3.12. The number of halogens is 2. The molecule has 0 aliphatic carbocycles. The predicted molar refractivity (Wildman–Crippen MR) is 125 cm³/mol. The monoisotopic (exact) mass is 487 g/mol. The fourth-order valence-corrected chi connectivity index (χ4v) is 3.69. The van der Waals surface area contributed by atoms with E-state index in [1.165, 1.54) is 18.2 Å². The van der Waals surface area contributed by atoms with Gasteiger partial charge in [0.05, 0.1) is 18.8 Å². The first-order valence-corrected chi connectivity index (χ1v) is 11.1. The van der Waals surface area contributed by atoms with E-state index in [0.717, 1.165) is 5.69 Å².